The number of benzene rings is 1. The number of piperidine rings is 1. The number of oxime groups is 1. The standard InChI is InChI=1S/C29H35F3N6O4/c1-27(2,3)20-6-8-21(9-7-20)34-26(40)41-38-13-10-28(11-14-38)19-23(35-42-28)25(39)37-17-15-36(16-18-37)24-22(29(30,31)32)5-4-12-33-24/h4-9,12H,10-11,13-19H2,1-3H3,(H,34,40). The van der Waals surface area contributed by atoms with Crippen molar-refractivity contribution < 1.29 is 32.4 Å². The Morgan fingerprint density at radius 3 is 2.26 bits per heavy atom. The highest BCUT2D eigenvalue weighted by Crippen LogP contribution is 2.37. The van der Waals surface area contributed by atoms with Crippen molar-refractivity contribution in [3.8, 4) is 0 Å². The molecule has 0 aliphatic carbocycles. The Balaban J connectivity index is 1.07. The number of carbonyl (C=O) groups excluding carboxylic acids is 2. The fourth-order valence-corrected chi connectivity index (χ4v) is 5.37. The predicted molar refractivity (Wildman–Crippen MR) is 150 cm³/mol. The quantitative estimate of drug-likeness (QED) is 0.547. The molecule has 0 bridgehead atoms. The van der Waals surface area contributed by atoms with Crippen LogP contribution in [0.25, 0.3) is 0 Å². The van der Waals surface area contributed by atoms with Gasteiger partial charge in [-0.25, -0.2) is 9.78 Å². The smallest absolute Gasteiger partial charge is 0.388 e. The summed E-state index contributed by atoms with van der Waals surface area (Å²) in [5.41, 5.74) is 0.662. The molecule has 2 aromatic rings. The Hall–Kier alpha value is -3.87. The summed E-state index contributed by atoms with van der Waals surface area (Å²) in [6, 6.07) is 9.90. The number of hydrogen-bond donors (Lipinski definition) is 1. The zero-order valence-corrected chi connectivity index (χ0v) is 23.9. The number of alkyl halides is 3. The molecule has 3 aliphatic heterocycles. The van der Waals surface area contributed by atoms with E-state index in [2.05, 4.69) is 36.2 Å². The van der Waals surface area contributed by atoms with Crippen molar-refractivity contribution in [3.05, 3.63) is 53.7 Å². The van der Waals surface area contributed by atoms with Crippen molar-refractivity contribution in [2.45, 2.75) is 57.2 Å². The molecule has 1 spiro atoms. The van der Waals surface area contributed by atoms with Crippen LogP contribution in [-0.2, 0) is 26.1 Å². The maximum atomic E-state index is 13.4. The van der Waals surface area contributed by atoms with Crippen molar-refractivity contribution in [1.29, 1.82) is 0 Å². The van der Waals surface area contributed by atoms with Crippen LogP contribution in [0.2, 0.25) is 0 Å². The van der Waals surface area contributed by atoms with E-state index in [1.807, 2.05) is 24.3 Å². The lowest BCUT2D eigenvalue weighted by Crippen LogP contribution is -2.51. The van der Waals surface area contributed by atoms with Crippen LogP contribution in [0.3, 0.4) is 0 Å². The number of rotatable bonds is 4. The lowest BCUT2D eigenvalue weighted by atomic mass is 9.87. The number of aromatic nitrogens is 1. The van der Waals surface area contributed by atoms with Gasteiger partial charge in [-0.2, -0.15) is 13.2 Å². The van der Waals surface area contributed by atoms with Crippen LogP contribution in [-0.4, -0.2) is 77.5 Å². The minimum atomic E-state index is -4.51. The molecule has 1 aromatic carbocycles. The lowest BCUT2D eigenvalue weighted by molar-refractivity contribution is -0.154. The highest BCUT2D eigenvalue weighted by Gasteiger charge is 2.45. The normalized spacial score (nSPS) is 19.3. The van der Waals surface area contributed by atoms with Crippen molar-refractivity contribution in [3.63, 3.8) is 0 Å². The Bertz CT molecular complexity index is 1330. The van der Waals surface area contributed by atoms with Crippen molar-refractivity contribution in [2.75, 3.05) is 49.5 Å². The van der Waals surface area contributed by atoms with Crippen LogP contribution in [0, 0.1) is 0 Å². The first-order chi connectivity index (χ1) is 19.8. The first kappa shape index (κ1) is 29.6. The Kier molecular flexibility index (Phi) is 8.06. The van der Waals surface area contributed by atoms with Crippen molar-refractivity contribution in [1.82, 2.24) is 14.9 Å². The molecule has 2 saturated heterocycles. The van der Waals surface area contributed by atoms with Crippen LogP contribution in [0.15, 0.2) is 47.8 Å². The van der Waals surface area contributed by atoms with Gasteiger partial charge in [0.15, 0.2) is 0 Å². The molecule has 1 aromatic heterocycles. The molecule has 0 atom stereocenters. The average molecular weight is 589 g/mol. The molecule has 226 valence electrons. The van der Waals surface area contributed by atoms with E-state index >= 15 is 0 Å². The van der Waals surface area contributed by atoms with Gasteiger partial charge in [-0.05, 0) is 35.2 Å². The molecule has 0 unspecified atom stereocenters. The van der Waals surface area contributed by atoms with Crippen molar-refractivity contribution in [2.24, 2.45) is 5.16 Å². The molecule has 3 aliphatic rings. The largest absolute Gasteiger partial charge is 0.430 e. The zero-order chi connectivity index (χ0) is 30.1. The summed E-state index contributed by atoms with van der Waals surface area (Å²) < 4.78 is 40.2. The van der Waals surface area contributed by atoms with Gasteiger partial charge in [0, 0.05) is 70.4 Å². The molecule has 42 heavy (non-hydrogen) atoms. The molecule has 4 heterocycles. The number of pyridine rings is 1. The molecule has 2 amide bonds. The summed E-state index contributed by atoms with van der Waals surface area (Å²) in [7, 11) is 0. The number of anilines is 2. The topological polar surface area (TPSA) is 99.6 Å². The summed E-state index contributed by atoms with van der Waals surface area (Å²) >= 11 is 0. The fourth-order valence-electron chi connectivity index (χ4n) is 5.37. The molecule has 2 fully saturated rings. The Morgan fingerprint density at radius 1 is 0.976 bits per heavy atom. The van der Waals surface area contributed by atoms with Crippen LogP contribution in [0.1, 0.15) is 51.2 Å². The third kappa shape index (κ3) is 6.61. The summed E-state index contributed by atoms with van der Waals surface area (Å²) in [6.07, 6.45) is -2.42. The minimum Gasteiger partial charge on any atom is -0.388 e. The first-order valence-electron chi connectivity index (χ1n) is 14.0. The number of carbonyl (C=O) groups is 2. The first-order valence-corrected chi connectivity index (χ1v) is 14.0. The van der Waals surface area contributed by atoms with Gasteiger partial charge < -0.3 is 19.5 Å². The second kappa shape index (κ2) is 11.4. The summed E-state index contributed by atoms with van der Waals surface area (Å²) in [6.45, 7) is 8.12. The number of hydrogen-bond acceptors (Lipinski definition) is 8. The molecular formula is C29H35F3N6O4. The van der Waals surface area contributed by atoms with E-state index in [0.29, 0.717) is 43.8 Å². The fraction of sp³-hybridized carbons (Fsp3) is 0.517. The van der Waals surface area contributed by atoms with E-state index in [9.17, 15) is 22.8 Å². The van der Waals surface area contributed by atoms with E-state index in [-0.39, 0.29) is 43.3 Å². The lowest BCUT2D eigenvalue weighted by Gasteiger charge is -2.37. The number of nitrogens with zero attached hydrogens (tertiary/aromatic N) is 5. The molecule has 10 nitrogen and oxygen atoms in total. The summed E-state index contributed by atoms with van der Waals surface area (Å²) in [5, 5.41) is 8.40. The Labute approximate surface area is 242 Å². The number of amides is 2. The summed E-state index contributed by atoms with van der Waals surface area (Å²) in [5.74, 6) is -0.405. The number of nitrogens with one attached hydrogen (secondary N) is 1. The van der Waals surface area contributed by atoms with E-state index < -0.39 is 23.4 Å². The van der Waals surface area contributed by atoms with Gasteiger partial charge in [0.05, 0.1) is 5.56 Å². The average Bonchev–Trinajstić information content (AvgIpc) is 3.37. The van der Waals surface area contributed by atoms with E-state index in [0.717, 1.165) is 11.6 Å². The second-order valence-corrected chi connectivity index (χ2v) is 11.9. The van der Waals surface area contributed by atoms with Gasteiger partial charge in [-0.3, -0.25) is 10.1 Å². The SMILES string of the molecule is CC(C)(C)c1ccc(NC(=O)ON2CCC3(CC2)CC(C(=O)N2CCN(c4ncccc4C(F)(F)F)CC2)=NO3)cc1. The Morgan fingerprint density at radius 2 is 1.64 bits per heavy atom. The molecular weight excluding hydrogens is 553 g/mol. The second-order valence-electron chi connectivity index (χ2n) is 11.9. The summed E-state index contributed by atoms with van der Waals surface area (Å²) in [4.78, 5) is 43.9. The van der Waals surface area contributed by atoms with E-state index in [4.69, 9.17) is 9.68 Å². The third-order valence-electron chi connectivity index (χ3n) is 7.89. The van der Waals surface area contributed by atoms with Gasteiger partial charge in [0.2, 0.25) is 0 Å². The van der Waals surface area contributed by atoms with Gasteiger partial charge >= 0.3 is 12.3 Å². The van der Waals surface area contributed by atoms with Gasteiger partial charge in [-0.15, -0.1) is 5.06 Å². The van der Waals surface area contributed by atoms with Crippen LogP contribution >= 0.6 is 0 Å². The number of piperazine rings is 1. The minimum absolute atomic E-state index is 0.0124. The molecule has 0 saturated carbocycles. The molecule has 1 N–H and O–H groups in total. The number of hydroxylamine groups is 2. The van der Waals surface area contributed by atoms with Crippen LogP contribution < -0.4 is 10.2 Å². The van der Waals surface area contributed by atoms with Gasteiger partial charge in [-0.1, -0.05) is 38.1 Å². The third-order valence-corrected chi connectivity index (χ3v) is 7.89. The highest BCUT2D eigenvalue weighted by molar-refractivity contribution is 6.39. The molecule has 13 heteroatoms. The molecule has 5 rings (SSSR count). The van der Waals surface area contributed by atoms with Gasteiger partial charge in [0.25, 0.3) is 5.91 Å². The van der Waals surface area contributed by atoms with Crippen molar-refractivity contribution >= 4 is 29.2 Å². The predicted octanol–water partition coefficient (Wildman–Crippen LogP) is 4.82. The zero-order valence-electron chi connectivity index (χ0n) is 23.9. The van der Waals surface area contributed by atoms with Crippen LogP contribution in [0.5, 0.6) is 0 Å². The van der Waals surface area contributed by atoms with Crippen LogP contribution in [0.4, 0.5) is 29.5 Å². The monoisotopic (exact) mass is 588 g/mol. The van der Waals surface area contributed by atoms with Gasteiger partial charge in [0.1, 0.15) is 17.1 Å². The number of halogens is 3. The van der Waals surface area contributed by atoms with E-state index in [1.165, 1.54) is 12.3 Å². The van der Waals surface area contributed by atoms with E-state index in [1.54, 1.807) is 14.9 Å². The molecule has 0 radical (unpaired) electrons. The maximum Gasteiger partial charge on any atom is 0.430 e. The highest BCUT2D eigenvalue weighted by atomic mass is 19.4. The maximum absolute atomic E-state index is 13.4.